The molecule has 1 atom stereocenters. The summed E-state index contributed by atoms with van der Waals surface area (Å²) in [5.41, 5.74) is 0.171. The van der Waals surface area contributed by atoms with Crippen molar-refractivity contribution >= 4 is 28.9 Å². The average Bonchev–Trinajstić information content (AvgIpc) is 2.91. The first-order valence-electron chi connectivity index (χ1n) is 8.65. The molecule has 9 heteroatoms. The Morgan fingerprint density at radius 1 is 1.19 bits per heavy atom. The highest BCUT2D eigenvalue weighted by molar-refractivity contribution is 6.32. The molecule has 27 heavy (non-hydrogen) atoms. The second-order valence-electron chi connectivity index (χ2n) is 6.80. The summed E-state index contributed by atoms with van der Waals surface area (Å²) < 4.78 is 39.9. The van der Waals surface area contributed by atoms with Crippen molar-refractivity contribution in [3.8, 4) is 0 Å². The van der Waals surface area contributed by atoms with Crippen LogP contribution in [0.5, 0.6) is 0 Å². The Kier molecular flexibility index (Phi) is 5.93. The summed E-state index contributed by atoms with van der Waals surface area (Å²) in [5.74, 6) is -0.00902. The number of piperidine rings is 1. The first-order valence-corrected chi connectivity index (χ1v) is 9.41. The maximum absolute atomic E-state index is 12.9. The van der Waals surface area contributed by atoms with Gasteiger partial charge in [0.15, 0.2) is 5.69 Å². The van der Waals surface area contributed by atoms with Crippen molar-refractivity contribution in [3.63, 3.8) is 0 Å². The van der Waals surface area contributed by atoms with E-state index in [1.54, 1.807) is 0 Å². The van der Waals surface area contributed by atoms with E-state index >= 15 is 0 Å². The molecule has 1 saturated heterocycles. The van der Waals surface area contributed by atoms with Crippen LogP contribution in [-0.2, 0) is 12.7 Å². The molecule has 1 aliphatic rings. The molecule has 1 aromatic heterocycles. The lowest BCUT2D eigenvalue weighted by atomic mass is 9.91. The maximum Gasteiger partial charge on any atom is 0.436 e. The van der Waals surface area contributed by atoms with Gasteiger partial charge in [0.1, 0.15) is 0 Å². The summed E-state index contributed by atoms with van der Waals surface area (Å²) >= 11 is 11.7. The number of hydrogen-bond acceptors (Lipinski definition) is 3. The predicted octanol–water partition coefficient (Wildman–Crippen LogP) is 4.79. The lowest BCUT2D eigenvalue weighted by molar-refractivity contribution is -0.141. The summed E-state index contributed by atoms with van der Waals surface area (Å²) in [5, 5.41) is 14.4. The van der Waals surface area contributed by atoms with Crippen LogP contribution in [0.25, 0.3) is 0 Å². The second kappa shape index (κ2) is 7.89. The Hall–Kier alpha value is -1.44. The van der Waals surface area contributed by atoms with Crippen LogP contribution < -0.4 is 4.90 Å². The SMILES string of the molecule is Cc1c(Cl)c(C(F)(F)F)nn1CC(O)C1CCN(c2ccc(Cl)cc2)CC1. The second-order valence-corrected chi connectivity index (χ2v) is 7.61. The Morgan fingerprint density at radius 2 is 1.78 bits per heavy atom. The van der Waals surface area contributed by atoms with Crippen molar-refractivity contribution < 1.29 is 18.3 Å². The van der Waals surface area contributed by atoms with Crippen molar-refractivity contribution in [2.24, 2.45) is 5.92 Å². The molecule has 1 unspecified atom stereocenters. The van der Waals surface area contributed by atoms with E-state index in [4.69, 9.17) is 23.2 Å². The molecule has 1 fully saturated rings. The van der Waals surface area contributed by atoms with E-state index in [0.717, 1.165) is 36.3 Å². The molecule has 1 aromatic carbocycles. The number of benzene rings is 1. The molecule has 4 nitrogen and oxygen atoms in total. The van der Waals surface area contributed by atoms with E-state index in [2.05, 4.69) is 10.00 Å². The molecule has 0 amide bonds. The zero-order chi connectivity index (χ0) is 19.8. The first kappa shape index (κ1) is 20.3. The van der Waals surface area contributed by atoms with Gasteiger partial charge in [-0.15, -0.1) is 0 Å². The molecule has 0 bridgehead atoms. The number of aliphatic hydroxyl groups is 1. The third-order valence-electron chi connectivity index (χ3n) is 5.04. The molecule has 2 aromatic rings. The Labute approximate surface area is 165 Å². The number of nitrogens with zero attached hydrogens (tertiary/aromatic N) is 3. The van der Waals surface area contributed by atoms with E-state index in [0.29, 0.717) is 5.02 Å². The van der Waals surface area contributed by atoms with Crippen LogP contribution in [0.15, 0.2) is 24.3 Å². The van der Waals surface area contributed by atoms with Crippen LogP contribution >= 0.6 is 23.2 Å². The van der Waals surface area contributed by atoms with Gasteiger partial charge in [-0.1, -0.05) is 23.2 Å². The Bertz CT molecular complexity index is 784. The molecule has 0 saturated carbocycles. The number of aliphatic hydroxyl groups excluding tert-OH is 1. The fourth-order valence-electron chi connectivity index (χ4n) is 3.40. The van der Waals surface area contributed by atoms with E-state index < -0.39 is 23.0 Å². The number of alkyl halides is 3. The maximum atomic E-state index is 12.9. The molecule has 1 N–H and O–H groups in total. The fourth-order valence-corrected chi connectivity index (χ4v) is 3.77. The van der Waals surface area contributed by atoms with E-state index in [1.807, 2.05) is 24.3 Å². The van der Waals surface area contributed by atoms with Crippen molar-refractivity contribution in [1.29, 1.82) is 0 Å². The van der Waals surface area contributed by atoms with Gasteiger partial charge in [0.25, 0.3) is 0 Å². The monoisotopic (exact) mass is 421 g/mol. The molecule has 1 aliphatic heterocycles. The average molecular weight is 422 g/mol. The van der Waals surface area contributed by atoms with Crippen molar-refractivity contribution in [2.45, 2.75) is 38.6 Å². The van der Waals surface area contributed by atoms with Crippen LogP contribution in [0.4, 0.5) is 18.9 Å². The minimum atomic E-state index is -4.61. The highest BCUT2D eigenvalue weighted by Crippen LogP contribution is 2.35. The van der Waals surface area contributed by atoms with E-state index in [-0.39, 0.29) is 18.2 Å². The van der Waals surface area contributed by atoms with Crippen molar-refractivity contribution in [3.05, 3.63) is 45.7 Å². The van der Waals surface area contributed by atoms with E-state index in [9.17, 15) is 18.3 Å². The predicted molar refractivity (Wildman–Crippen MR) is 99.4 cm³/mol. The van der Waals surface area contributed by atoms with E-state index in [1.165, 1.54) is 6.92 Å². The van der Waals surface area contributed by atoms with Gasteiger partial charge in [-0.05, 0) is 49.9 Å². The zero-order valence-electron chi connectivity index (χ0n) is 14.7. The lowest BCUT2D eigenvalue weighted by Crippen LogP contribution is -2.39. The van der Waals surface area contributed by atoms with Crippen LogP contribution in [0.1, 0.15) is 24.2 Å². The summed E-state index contributed by atoms with van der Waals surface area (Å²) in [6.45, 7) is 2.99. The summed E-state index contributed by atoms with van der Waals surface area (Å²) in [6, 6.07) is 7.57. The number of hydrogen-bond donors (Lipinski definition) is 1. The molecular weight excluding hydrogens is 402 g/mol. The third kappa shape index (κ3) is 4.52. The Morgan fingerprint density at radius 3 is 2.30 bits per heavy atom. The largest absolute Gasteiger partial charge is 0.436 e. The Balaban J connectivity index is 1.62. The standard InChI is InChI=1S/C18H20Cl2F3N3O/c1-11-16(20)17(18(21,22)23)24-26(11)10-15(27)12-6-8-25(9-7-12)14-4-2-13(19)3-5-14/h2-5,12,15,27H,6-10H2,1H3. The fraction of sp³-hybridized carbons (Fsp3) is 0.500. The molecule has 148 valence electrons. The number of anilines is 1. The molecule has 0 spiro atoms. The molecule has 0 radical (unpaired) electrons. The van der Waals surface area contributed by atoms with Crippen LogP contribution in [0.3, 0.4) is 0 Å². The van der Waals surface area contributed by atoms with Gasteiger partial charge in [-0.25, -0.2) is 0 Å². The molecule has 0 aliphatic carbocycles. The van der Waals surface area contributed by atoms with Crippen LogP contribution in [-0.4, -0.2) is 34.1 Å². The van der Waals surface area contributed by atoms with Gasteiger partial charge in [0, 0.05) is 23.8 Å². The highest BCUT2D eigenvalue weighted by atomic mass is 35.5. The topological polar surface area (TPSA) is 41.3 Å². The summed E-state index contributed by atoms with van der Waals surface area (Å²) in [7, 11) is 0. The summed E-state index contributed by atoms with van der Waals surface area (Å²) in [6.07, 6.45) is -3.91. The zero-order valence-corrected chi connectivity index (χ0v) is 16.2. The van der Waals surface area contributed by atoms with Gasteiger partial charge in [0.2, 0.25) is 0 Å². The van der Waals surface area contributed by atoms with Gasteiger partial charge in [0.05, 0.1) is 23.4 Å². The van der Waals surface area contributed by atoms with Crippen molar-refractivity contribution in [1.82, 2.24) is 9.78 Å². The molecule has 2 heterocycles. The molecular formula is C18H20Cl2F3N3O. The number of aromatic nitrogens is 2. The van der Waals surface area contributed by atoms with Gasteiger partial charge < -0.3 is 10.0 Å². The first-order chi connectivity index (χ1) is 12.7. The number of rotatable bonds is 4. The van der Waals surface area contributed by atoms with Crippen molar-refractivity contribution in [2.75, 3.05) is 18.0 Å². The molecule has 3 rings (SSSR count). The smallest absolute Gasteiger partial charge is 0.391 e. The minimum Gasteiger partial charge on any atom is -0.391 e. The lowest BCUT2D eigenvalue weighted by Gasteiger charge is -2.35. The minimum absolute atomic E-state index is 0.00670. The van der Waals surface area contributed by atoms with Gasteiger partial charge in [-0.3, -0.25) is 4.68 Å². The quantitative estimate of drug-likeness (QED) is 0.770. The van der Waals surface area contributed by atoms with Crippen LogP contribution in [0.2, 0.25) is 10.0 Å². The highest BCUT2D eigenvalue weighted by Gasteiger charge is 2.38. The third-order valence-corrected chi connectivity index (χ3v) is 5.74. The summed E-state index contributed by atoms with van der Waals surface area (Å²) in [4.78, 5) is 2.21. The normalized spacial score (nSPS) is 17.4. The van der Waals surface area contributed by atoms with Gasteiger partial charge in [-0.2, -0.15) is 18.3 Å². The number of halogens is 5. The van der Waals surface area contributed by atoms with Gasteiger partial charge >= 0.3 is 6.18 Å². The van der Waals surface area contributed by atoms with Crippen LogP contribution in [0, 0.1) is 12.8 Å².